The molecule has 4 rings (SSSR count). The first-order chi connectivity index (χ1) is 14.3. The van der Waals surface area contributed by atoms with Crippen LogP contribution in [0.15, 0.2) is 41.3 Å². The number of hydrogen-bond donors (Lipinski definition) is 0. The van der Waals surface area contributed by atoms with Gasteiger partial charge in [-0.15, -0.1) is 0 Å². The maximum atomic E-state index is 12.9. The summed E-state index contributed by atoms with van der Waals surface area (Å²) >= 11 is 6.22. The van der Waals surface area contributed by atoms with E-state index in [1.807, 2.05) is 12.1 Å². The number of hydrogen-bond acceptors (Lipinski definition) is 7. The summed E-state index contributed by atoms with van der Waals surface area (Å²) in [6.45, 7) is 2.98. The van der Waals surface area contributed by atoms with Gasteiger partial charge in [0.15, 0.2) is 6.79 Å². The molecule has 2 aromatic carbocycles. The average Bonchev–Trinajstić information content (AvgIpc) is 2.74. The van der Waals surface area contributed by atoms with Gasteiger partial charge >= 0.3 is 0 Å². The quantitative estimate of drug-likeness (QED) is 0.506. The fourth-order valence-electron chi connectivity index (χ4n) is 3.63. The molecule has 1 fully saturated rings. The molecule has 1 saturated heterocycles. The SMILES string of the molecule is O=[N+]([O-])c1ccc(S(=O)(=O)N2CCN(Cc3cc(Cl)cc4c3OCOC4)CC2)cc1. The van der Waals surface area contributed by atoms with Gasteiger partial charge in [0.05, 0.1) is 16.4 Å². The van der Waals surface area contributed by atoms with Gasteiger partial charge in [0, 0.05) is 61.0 Å². The molecule has 9 nitrogen and oxygen atoms in total. The Kier molecular flexibility index (Phi) is 5.94. The molecule has 0 amide bonds. The van der Waals surface area contributed by atoms with Crippen molar-refractivity contribution < 1.29 is 22.8 Å². The summed E-state index contributed by atoms with van der Waals surface area (Å²) < 4.78 is 38.1. The normalized spacial score (nSPS) is 17.9. The maximum Gasteiger partial charge on any atom is 0.269 e. The number of ether oxygens (including phenoxy) is 2. The molecule has 0 aliphatic carbocycles. The van der Waals surface area contributed by atoms with Crippen LogP contribution >= 0.6 is 11.6 Å². The fraction of sp³-hybridized carbons (Fsp3) is 0.368. The van der Waals surface area contributed by atoms with E-state index >= 15 is 0 Å². The molecule has 0 radical (unpaired) electrons. The van der Waals surface area contributed by atoms with E-state index in [0.717, 1.165) is 16.9 Å². The standard InChI is InChI=1S/C19H20ClN3O6S/c20-16-9-14(19-15(10-16)12-28-13-29-19)11-21-5-7-22(8-6-21)30(26,27)18-3-1-17(2-4-18)23(24)25/h1-4,9-10H,5-8,11-13H2. The molecule has 160 valence electrons. The number of nitrogens with zero attached hydrogens (tertiary/aromatic N) is 3. The summed E-state index contributed by atoms with van der Waals surface area (Å²) in [5.74, 6) is 0.784. The number of nitro groups is 1. The van der Waals surface area contributed by atoms with Crippen LogP contribution in [0.2, 0.25) is 5.02 Å². The summed E-state index contributed by atoms with van der Waals surface area (Å²) in [6, 6.07) is 8.65. The molecule has 2 aromatic rings. The number of piperazine rings is 1. The Morgan fingerprint density at radius 1 is 1.10 bits per heavy atom. The zero-order valence-electron chi connectivity index (χ0n) is 16.0. The highest BCUT2D eigenvalue weighted by Gasteiger charge is 2.29. The van der Waals surface area contributed by atoms with Crippen molar-refractivity contribution >= 4 is 27.3 Å². The summed E-state index contributed by atoms with van der Waals surface area (Å²) in [5, 5.41) is 11.4. The summed E-state index contributed by atoms with van der Waals surface area (Å²) in [6.07, 6.45) is 0. The number of sulfonamides is 1. The van der Waals surface area contributed by atoms with Gasteiger partial charge in [-0.3, -0.25) is 15.0 Å². The highest BCUT2D eigenvalue weighted by molar-refractivity contribution is 7.89. The van der Waals surface area contributed by atoms with Crippen molar-refractivity contribution in [3.63, 3.8) is 0 Å². The topological polar surface area (TPSA) is 102 Å². The van der Waals surface area contributed by atoms with Crippen molar-refractivity contribution in [2.45, 2.75) is 18.0 Å². The van der Waals surface area contributed by atoms with Crippen molar-refractivity contribution in [1.82, 2.24) is 9.21 Å². The molecule has 2 heterocycles. The third-order valence-corrected chi connectivity index (χ3v) is 7.29. The minimum Gasteiger partial charge on any atom is -0.467 e. The van der Waals surface area contributed by atoms with Gasteiger partial charge in [0.1, 0.15) is 5.75 Å². The van der Waals surface area contributed by atoms with Gasteiger partial charge in [0.2, 0.25) is 10.0 Å². The van der Waals surface area contributed by atoms with E-state index in [0.29, 0.717) is 44.4 Å². The number of benzene rings is 2. The van der Waals surface area contributed by atoms with Crippen LogP contribution in [0.5, 0.6) is 5.75 Å². The molecule has 0 bridgehead atoms. The highest BCUT2D eigenvalue weighted by atomic mass is 35.5. The Hall–Kier alpha value is -2.24. The third-order valence-electron chi connectivity index (χ3n) is 5.16. The van der Waals surface area contributed by atoms with E-state index in [1.165, 1.54) is 28.6 Å². The lowest BCUT2D eigenvalue weighted by molar-refractivity contribution is -0.384. The van der Waals surface area contributed by atoms with E-state index in [-0.39, 0.29) is 17.4 Å². The summed E-state index contributed by atoms with van der Waals surface area (Å²) in [7, 11) is -3.70. The van der Waals surface area contributed by atoms with Gasteiger partial charge in [-0.25, -0.2) is 8.42 Å². The highest BCUT2D eigenvalue weighted by Crippen LogP contribution is 2.33. The summed E-state index contributed by atoms with van der Waals surface area (Å²) in [5.41, 5.74) is 1.71. The molecule has 0 unspecified atom stereocenters. The average molecular weight is 454 g/mol. The van der Waals surface area contributed by atoms with Crippen LogP contribution in [0.1, 0.15) is 11.1 Å². The van der Waals surface area contributed by atoms with Gasteiger partial charge in [-0.2, -0.15) is 4.31 Å². The lowest BCUT2D eigenvalue weighted by atomic mass is 10.1. The van der Waals surface area contributed by atoms with Crippen molar-refractivity contribution in [1.29, 1.82) is 0 Å². The lowest BCUT2D eigenvalue weighted by Gasteiger charge is -2.34. The molecule has 0 N–H and O–H groups in total. The Bertz CT molecular complexity index is 1050. The van der Waals surface area contributed by atoms with E-state index < -0.39 is 14.9 Å². The smallest absolute Gasteiger partial charge is 0.269 e. The molecule has 0 saturated carbocycles. The number of nitro benzene ring substituents is 1. The predicted molar refractivity (Wildman–Crippen MR) is 109 cm³/mol. The second kappa shape index (κ2) is 8.48. The van der Waals surface area contributed by atoms with Gasteiger partial charge in [0.25, 0.3) is 5.69 Å². The second-order valence-corrected chi connectivity index (χ2v) is 9.47. The second-order valence-electron chi connectivity index (χ2n) is 7.10. The van der Waals surface area contributed by atoms with Crippen LogP contribution in [-0.2, 0) is 27.9 Å². The fourth-order valence-corrected chi connectivity index (χ4v) is 5.32. The Morgan fingerprint density at radius 2 is 1.80 bits per heavy atom. The Labute approximate surface area is 178 Å². The van der Waals surface area contributed by atoms with Crippen molar-refractivity contribution in [2.75, 3.05) is 33.0 Å². The lowest BCUT2D eigenvalue weighted by Crippen LogP contribution is -2.48. The number of halogens is 1. The molecule has 30 heavy (non-hydrogen) atoms. The largest absolute Gasteiger partial charge is 0.467 e. The minimum atomic E-state index is -3.70. The van der Waals surface area contributed by atoms with Crippen LogP contribution in [0.3, 0.4) is 0 Å². The van der Waals surface area contributed by atoms with Crippen LogP contribution in [0, 0.1) is 10.1 Å². The van der Waals surface area contributed by atoms with E-state index in [1.54, 1.807) is 0 Å². The monoisotopic (exact) mass is 453 g/mol. The van der Waals surface area contributed by atoms with Gasteiger partial charge in [-0.1, -0.05) is 11.6 Å². The van der Waals surface area contributed by atoms with Crippen molar-refractivity contribution in [3.05, 3.63) is 62.7 Å². The van der Waals surface area contributed by atoms with Crippen LogP contribution < -0.4 is 4.74 Å². The van der Waals surface area contributed by atoms with Crippen molar-refractivity contribution in [2.24, 2.45) is 0 Å². The minimum absolute atomic E-state index is 0.0545. The first-order valence-electron chi connectivity index (χ1n) is 9.33. The Balaban J connectivity index is 1.43. The maximum absolute atomic E-state index is 12.9. The molecule has 0 atom stereocenters. The predicted octanol–water partition coefficient (Wildman–Crippen LogP) is 2.62. The molecule has 2 aliphatic rings. The molecule has 0 aromatic heterocycles. The zero-order valence-corrected chi connectivity index (χ0v) is 17.6. The molecule has 2 aliphatic heterocycles. The third kappa shape index (κ3) is 4.28. The number of fused-ring (bicyclic) bond motifs is 1. The first-order valence-corrected chi connectivity index (χ1v) is 11.2. The van der Waals surface area contributed by atoms with E-state index in [2.05, 4.69) is 4.90 Å². The number of rotatable bonds is 5. The van der Waals surface area contributed by atoms with Gasteiger partial charge < -0.3 is 9.47 Å². The van der Waals surface area contributed by atoms with E-state index in [4.69, 9.17) is 21.1 Å². The molecular weight excluding hydrogens is 434 g/mol. The molecule has 11 heteroatoms. The van der Waals surface area contributed by atoms with Crippen molar-refractivity contribution in [3.8, 4) is 5.75 Å². The first kappa shape index (κ1) is 21.0. The van der Waals surface area contributed by atoms with Gasteiger partial charge in [-0.05, 0) is 24.3 Å². The number of non-ortho nitro benzene ring substituents is 1. The molecule has 0 spiro atoms. The van der Waals surface area contributed by atoms with E-state index in [9.17, 15) is 18.5 Å². The zero-order chi connectivity index (χ0) is 21.3. The van der Waals surface area contributed by atoms with Crippen LogP contribution in [0.4, 0.5) is 5.69 Å². The Morgan fingerprint density at radius 3 is 2.47 bits per heavy atom. The van der Waals surface area contributed by atoms with Crippen LogP contribution in [0.25, 0.3) is 0 Å². The van der Waals surface area contributed by atoms with Crippen LogP contribution in [-0.4, -0.2) is 55.5 Å². The molecular formula is C19H20ClN3O6S. The summed E-state index contributed by atoms with van der Waals surface area (Å²) in [4.78, 5) is 12.4.